The summed E-state index contributed by atoms with van der Waals surface area (Å²) in [5, 5.41) is 5.98. The Labute approximate surface area is 194 Å². The Hall–Kier alpha value is -4.05. The average molecular weight is 466 g/mol. The Morgan fingerprint density at radius 3 is 2.74 bits per heavy atom. The molecule has 0 radical (unpaired) electrons. The number of amides is 1. The minimum atomic E-state index is -1.06. The lowest BCUT2D eigenvalue weighted by atomic mass is 10.0. The van der Waals surface area contributed by atoms with Crippen LogP contribution < -0.4 is 21.1 Å². The molecule has 34 heavy (non-hydrogen) atoms. The fourth-order valence-corrected chi connectivity index (χ4v) is 3.70. The first-order valence-electron chi connectivity index (χ1n) is 10.7. The summed E-state index contributed by atoms with van der Waals surface area (Å²) >= 11 is 0. The van der Waals surface area contributed by atoms with E-state index in [9.17, 15) is 13.6 Å². The van der Waals surface area contributed by atoms with Crippen LogP contribution in [0.1, 0.15) is 22.8 Å². The van der Waals surface area contributed by atoms with Crippen LogP contribution in [0, 0.1) is 11.6 Å². The molecule has 2 aromatic carbocycles. The second-order valence-electron chi connectivity index (χ2n) is 7.45. The SMILES string of the molecule is CCc1cc(Nc2nccn3c(-c4ccc(OC)c(F)c4F)cnc23)ccc1C(=O)NCCN. The number of aromatic nitrogens is 3. The lowest BCUT2D eigenvalue weighted by molar-refractivity contribution is 0.0954. The Morgan fingerprint density at radius 2 is 2.00 bits per heavy atom. The topological polar surface area (TPSA) is 107 Å². The number of nitrogens with one attached hydrogen (secondary N) is 2. The fraction of sp³-hybridized carbons (Fsp3) is 0.208. The number of fused-ring (bicyclic) bond motifs is 1. The minimum absolute atomic E-state index is 0.0454. The number of ether oxygens (including phenoxy) is 1. The molecule has 0 aliphatic rings. The number of carbonyl (C=O) groups excluding carboxylic acids is 1. The number of hydrogen-bond donors (Lipinski definition) is 3. The zero-order chi connectivity index (χ0) is 24.2. The molecular weight excluding hydrogens is 442 g/mol. The maximum Gasteiger partial charge on any atom is 0.251 e. The number of hydrogen-bond acceptors (Lipinski definition) is 6. The van der Waals surface area contributed by atoms with Crippen molar-refractivity contribution in [1.82, 2.24) is 19.7 Å². The van der Waals surface area contributed by atoms with Crippen LogP contribution in [0.15, 0.2) is 48.9 Å². The van der Waals surface area contributed by atoms with Gasteiger partial charge in [-0.3, -0.25) is 9.20 Å². The summed E-state index contributed by atoms with van der Waals surface area (Å²) in [5.41, 5.74) is 8.43. The van der Waals surface area contributed by atoms with Gasteiger partial charge in [0.1, 0.15) is 0 Å². The van der Waals surface area contributed by atoms with Gasteiger partial charge in [0.05, 0.1) is 19.0 Å². The summed E-state index contributed by atoms with van der Waals surface area (Å²) in [6.07, 6.45) is 5.25. The van der Waals surface area contributed by atoms with Crippen molar-refractivity contribution in [1.29, 1.82) is 0 Å². The number of methoxy groups -OCH3 is 1. The van der Waals surface area contributed by atoms with Crippen molar-refractivity contribution < 1.29 is 18.3 Å². The number of carbonyl (C=O) groups is 1. The van der Waals surface area contributed by atoms with Gasteiger partial charge in [-0.05, 0) is 42.3 Å². The van der Waals surface area contributed by atoms with Crippen molar-refractivity contribution >= 4 is 23.1 Å². The highest BCUT2D eigenvalue weighted by atomic mass is 19.2. The third kappa shape index (κ3) is 4.27. The van der Waals surface area contributed by atoms with Crippen molar-refractivity contribution in [2.75, 3.05) is 25.5 Å². The van der Waals surface area contributed by atoms with Crippen LogP contribution in [0.2, 0.25) is 0 Å². The molecule has 0 aliphatic heterocycles. The van der Waals surface area contributed by atoms with Gasteiger partial charge in [-0.25, -0.2) is 14.4 Å². The Morgan fingerprint density at radius 1 is 1.18 bits per heavy atom. The third-order valence-corrected chi connectivity index (χ3v) is 5.39. The van der Waals surface area contributed by atoms with E-state index in [2.05, 4.69) is 20.6 Å². The zero-order valence-electron chi connectivity index (χ0n) is 18.7. The molecule has 0 spiro atoms. The maximum atomic E-state index is 14.7. The van der Waals surface area contributed by atoms with E-state index in [1.54, 1.807) is 22.7 Å². The molecule has 2 heterocycles. The molecule has 0 fully saturated rings. The van der Waals surface area contributed by atoms with E-state index >= 15 is 0 Å². The molecule has 0 unspecified atom stereocenters. The number of rotatable bonds is 8. The van der Waals surface area contributed by atoms with Gasteiger partial charge < -0.3 is 21.1 Å². The summed E-state index contributed by atoms with van der Waals surface area (Å²) in [6.45, 7) is 2.72. The Balaban J connectivity index is 1.68. The first-order valence-corrected chi connectivity index (χ1v) is 10.7. The molecule has 0 bridgehead atoms. The normalized spacial score (nSPS) is 11.0. The van der Waals surface area contributed by atoms with E-state index in [1.165, 1.54) is 31.6 Å². The van der Waals surface area contributed by atoms with Crippen LogP contribution in [0.4, 0.5) is 20.3 Å². The monoisotopic (exact) mass is 466 g/mol. The number of anilines is 2. The summed E-state index contributed by atoms with van der Waals surface area (Å²) in [5.74, 6) is -2.02. The summed E-state index contributed by atoms with van der Waals surface area (Å²) in [7, 11) is 1.28. The molecule has 0 aliphatic carbocycles. The first kappa shape index (κ1) is 23.1. The molecule has 4 aromatic rings. The zero-order valence-corrected chi connectivity index (χ0v) is 18.7. The molecule has 0 saturated heterocycles. The van der Waals surface area contributed by atoms with Crippen LogP contribution in [0.5, 0.6) is 5.75 Å². The van der Waals surface area contributed by atoms with Gasteiger partial charge in [0, 0.05) is 42.3 Å². The van der Waals surface area contributed by atoms with E-state index < -0.39 is 11.6 Å². The van der Waals surface area contributed by atoms with E-state index in [0.29, 0.717) is 47.9 Å². The van der Waals surface area contributed by atoms with Crippen molar-refractivity contribution in [3.63, 3.8) is 0 Å². The molecule has 4 rings (SSSR count). The standard InChI is InChI=1S/C24H24F2N6O2/c1-3-14-12-15(4-5-16(14)24(33)29-9-8-27)31-22-23-30-13-18(32(23)11-10-28-22)17-6-7-19(34-2)21(26)20(17)25/h4-7,10-13H,3,8-9,27H2,1-2H3,(H,28,31)(H,29,33). The molecule has 8 nitrogen and oxygen atoms in total. The van der Waals surface area contributed by atoms with E-state index in [0.717, 1.165) is 5.56 Å². The van der Waals surface area contributed by atoms with Crippen LogP contribution in [0.25, 0.3) is 16.9 Å². The minimum Gasteiger partial charge on any atom is -0.494 e. The highest BCUT2D eigenvalue weighted by molar-refractivity contribution is 5.96. The smallest absolute Gasteiger partial charge is 0.251 e. The highest BCUT2D eigenvalue weighted by Gasteiger charge is 2.19. The van der Waals surface area contributed by atoms with Gasteiger partial charge >= 0.3 is 0 Å². The number of benzene rings is 2. The predicted octanol–water partition coefficient (Wildman–Crippen LogP) is 3.68. The van der Waals surface area contributed by atoms with E-state index in [4.69, 9.17) is 10.5 Å². The van der Waals surface area contributed by atoms with Gasteiger partial charge in [0.25, 0.3) is 5.91 Å². The molecule has 4 N–H and O–H groups in total. The maximum absolute atomic E-state index is 14.7. The summed E-state index contributed by atoms with van der Waals surface area (Å²) in [6, 6.07) is 8.18. The molecular formula is C24H24F2N6O2. The molecule has 0 atom stereocenters. The quantitative estimate of drug-likeness (QED) is 0.366. The Bertz CT molecular complexity index is 1360. The molecule has 0 saturated carbocycles. The molecule has 2 aromatic heterocycles. The summed E-state index contributed by atoms with van der Waals surface area (Å²) in [4.78, 5) is 21.1. The number of nitrogens with zero attached hydrogens (tertiary/aromatic N) is 3. The molecule has 176 valence electrons. The molecule has 1 amide bonds. The number of halogens is 2. The van der Waals surface area contributed by atoms with Gasteiger partial charge in [-0.1, -0.05) is 6.92 Å². The van der Waals surface area contributed by atoms with E-state index in [-0.39, 0.29) is 17.2 Å². The van der Waals surface area contributed by atoms with E-state index in [1.807, 2.05) is 13.0 Å². The first-order chi connectivity index (χ1) is 16.5. The second kappa shape index (κ2) is 9.84. The van der Waals surface area contributed by atoms with Crippen molar-refractivity contribution in [3.8, 4) is 17.0 Å². The predicted molar refractivity (Wildman–Crippen MR) is 125 cm³/mol. The summed E-state index contributed by atoms with van der Waals surface area (Å²) < 4.78 is 35.4. The number of imidazole rings is 1. The highest BCUT2D eigenvalue weighted by Crippen LogP contribution is 2.31. The lowest BCUT2D eigenvalue weighted by Crippen LogP contribution is -2.29. The van der Waals surface area contributed by atoms with Crippen molar-refractivity contribution in [3.05, 3.63) is 71.7 Å². The Kier molecular flexibility index (Phi) is 6.69. The van der Waals surface area contributed by atoms with Crippen molar-refractivity contribution in [2.24, 2.45) is 5.73 Å². The van der Waals surface area contributed by atoms with Crippen LogP contribution in [-0.4, -0.2) is 40.5 Å². The van der Waals surface area contributed by atoms with Gasteiger partial charge in [-0.2, -0.15) is 4.39 Å². The van der Waals surface area contributed by atoms with Gasteiger partial charge in [0.2, 0.25) is 5.82 Å². The number of nitrogens with two attached hydrogens (primary N) is 1. The second-order valence-corrected chi connectivity index (χ2v) is 7.45. The van der Waals surface area contributed by atoms with Crippen LogP contribution in [-0.2, 0) is 6.42 Å². The van der Waals surface area contributed by atoms with Gasteiger partial charge in [0.15, 0.2) is 23.0 Å². The lowest BCUT2D eigenvalue weighted by Gasteiger charge is -2.13. The average Bonchev–Trinajstić information content (AvgIpc) is 3.29. The van der Waals surface area contributed by atoms with Crippen LogP contribution >= 0.6 is 0 Å². The largest absolute Gasteiger partial charge is 0.494 e. The number of aryl methyl sites for hydroxylation is 1. The van der Waals surface area contributed by atoms with Gasteiger partial charge in [-0.15, -0.1) is 0 Å². The third-order valence-electron chi connectivity index (χ3n) is 5.39. The molecule has 10 heteroatoms. The fourth-order valence-electron chi connectivity index (χ4n) is 3.70. The van der Waals surface area contributed by atoms with Crippen LogP contribution in [0.3, 0.4) is 0 Å². The van der Waals surface area contributed by atoms with Crippen molar-refractivity contribution in [2.45, 2.75) is 13.3 Å².